The van der Waals surface area contributed by atoms with E-state index in [2.05, 4.69) is 9.80 Å². The van der Waals surface area contributed by atoms with Crippen LogP contribution in [-0.2, 0) is 9.84 Å². The van der Waals surface area contributed by atoms with E-state index in [-0.39, 0.29) is 12.1 Å². The van der Waals surface area contributed by atoms with Crippen molar-refractivity contribution in [3.8, 4) is 0 Å². The zero-order valence-corrected chi connectivity index (χ0v) is 10.3. The van der Waals surface area contributed by atoms with Crippen LogP contribution in [0.15, 0.2) is 0 Å². The second-order valence-corrected chi connectivity index (χ2v) is 7.00. The Kier molecular flexibility index (Phi) is 3.05. The summed E-state index contributed by atoms with van der Waals surface area (Å²) in [5.74, 6) is 0.649. The summed E-state index contributed by atoms with van der Waals surface area (Å²) >= 11 is 0. The van der Waals surface area contributed by atoms with Gasteiger partial charge in [0.25, 0.3) is 0 Å². The van der Waals surface area contributed by atoms with Crippen molar-refractivity contribution in [1.82, 2.24) is 9.80 Å². The largest absolute Gasteiger partial charge is 0.297 e. The highest BCUT2D eigenvalue weighted by Gasteiger charge is 2.31. The average molecular weight is 232 g/mol. The smallest absolute Gasteiger partial charge is 0.153 e. The Morgan fingerprint density at radius 2 is 1.27 bits per heavy atom. The molecule has 2 saturated heterocycles. The van der Waals surface area contributed by atoms with E-state index in [1.807, 2.05) is 13.8 Å². The van der Waals surface area contributed by atoms with Crippen LogP contribution in [0, 0.1) is 0 Å². The van der Waals surface area contributed by atoms with Gasteiger partial charge >= 0.3 is 0 Å². The van der Waals surface area contributed by atoms with Gasteiger partial charge in [0.15, 0.2) is 9.84 Å². The lowest BCUT2D eigenvalue weighted by Gasteiger charge is -2.16. The predicted octanol–water partition coefficient (Wildman–Crippen LogP) is -0.191. The Morgan fingerprint density at radius 3 is 1.53 bits per heavy atom. The van der Waals surface area contributed by atoms with E-state index in [1.54, 1.807) is 0 Å². The Morgan fingerprint density at radius 1 is 0.933 bits per heavy atom. The van der Waals surface area contributed by atoms with Gasteiger partial charge in [0.2, 0.25) is 0 Å². The first-order valence-corrected chi connectivity index (χ1v) is 7.48. The summed E-state index contributed by atoms with van der Waals surface area (Å²) in [6.45, 7) is 8.28. The Labute approximate surface area is 92.2 Å². The summed E-state index contributed by atoms with van der Waals surface area (Å²) in [4.78, 5) is 4.39. The highest BCUT2D eigenvalue weighted by atomic mass is 32.2. The van der Waals surface area contributed by atoms with Gasteiger partial charge in [0, 0.05) is 38.3 Å². The van der Waals surface area contributed by atoms with Crippen molar-refractivity contribution in [2.24, 2.45) is 0 Å². The quantitative estimate of drug-likeness (QED) is 0.595. The minimum absolute atomic E-state index is 0.205. The molecule has 4 nitrogen and oxygen atoms in total. The van der Waals surface area contributed by atoms with Crippen LogP contribution >= 0.6 is 0 Å². The standard InChI is InChI=1S/C10H20N2O2S/c1-9(11-3-4-11)7-15(13,14)8-10(2)12-5-6-12/h9-10H,3-8H2,1-2H3. The van der Waals surface area contributed by atoms with Gasteiger partial charge in [-0.2, -0.15) is 0 Å². The van der Waals surface area contributed by atoms with Crippen LogP contribution in [0.1, 0.15) is 13.8 Å². The van der Waals surface area contributed by atoms with Crippen molar-refractivity contribution >= 4 is 9.84 Å². The van der Waals surface area contributed by atoms with E-state index in [9.17, 15) is 8.42 Å². The molecule has 0 saturated carbocycles. The van der Waals surface area contributed by atoms with Gasteiger partial charge in [0.1, 0.15) is 0 Å². The van der Waals surface area contributed by atoms with Gasteiger partial charge in [-0.15, -0.1) is 0 Å². The lowest BCUT2D eigenvalue weighted by Crippen LogP contribution is -2.32. The van der Waals surface area contributed by atoms with Crippen LogP contribution < -0.4 is 0 Å². The summed E-state index contributed by atoms with van der Waals surface area (Å²) in [6, 6.07) is 0.410. The maximum Gasteiger partial charge on any atom is 0.153 e. The SMILES string of the molecule is CC(CS(=O)(=O)CC(C)N1CC1)N1CC1. The van der Waals surface area contributed by atoms with Gasteiger partial charge in [0.05, 0.1) is 11.5 Å². The summed E-state index contributed by atoms with van der Waals surface area (Å²) < 4.78 is 23.7. The van der Waals surface area contributed by atoms with Gasteiger partial charge in [-0.3, -0.25) is 9.80 Å². The first-order valence-electron chi connectivity index (χ1n) is 5.66. The van der Waals surface area contributed by atoms with Crippen LogP contribution in [-0.4, -0.2) is 68.0 Å². The van der Waals surface area contributed by atoms with Crippen molar-refractivity contribution in [2.75, 3.05) is 37.7 Å². The van der Waals surface area contributed by atoms with Crippen molar-refractivity contribution in [3.05, 3.63) is 0 Å². The number of sulfone groups is 1. The molecule has 0 aromatic rings. The molecule has 2 rings (SSSR count). The highest BCUT2D eigenvalue weighted by molar-refractivity contribution is 7.91. The second-order valence-electron chi connectivity index (χ2n) is 4.85. The van der Waals surface area contributed by atoms with E-state index in [0.717, 1.165) is 26.2 Å². The van der Waals surface area contributed by atoms with Crippen LogP contribution in [0.25, 0.3) is 0 Å². The fourth-order valence-corrected chi connectivity index (χ4v) is 4.04. The summed E-state index contributed by atoms with van der Waals surface area (Å²) in [5, 5.41) is 0. The van der Waals surface area contributed by atoms with Crippen molar-refractivity contribution in [1.29, 1.82) is 0 Å². The first-order chi connectivity index (χ1) is 6.98. The number of hydrogen-bond acceptors (Lipinski definition) is 4. The lowest BCUT2D eigenvalue weighted by molar-refractivity contribution is 0.440. The normalized spacial score (nSPS) is 26.3. The molecule has 2 atom stereocenters. The molecule has 0 bridgehead atoms. The molecule has 2 aliphatic heterocycles. The molecular weight excluding hydrogens is 212 g/mol. The average Bonchev–Trinajstić information content (AvgIpc) is 2.98. The topological polar surface area (TPSA) is 40.2 Å². The van der Waals surface area contributed by atoms with Gasteiger partial charge in [-0.1, -0.05) is 0 Å². The molecule has 0 spiro atoms. The van der Waals surface area contributed by atoms with Crippen LogP contribution in [0.5, 0.6) is 0 Å². The molecule has 15 heavy (non-hydrogen) atoms. The minimum atomic E-state index is -2.87. The second kappa shape index (κ2) is 4.03. The lowest BCUT2D eigenvalue weighted by atomic mass is 10.4. The van der Waals surface area contributed by atoms with Crippen molar-refractivity contribution in [2.45, 2.75) is 25.9 Å². The third-order valence-electron chi connectivity index (χ3n) is 3.20. The molecule has 5 heteroatoms. The van der Waals surface area contributed by atoms with Crippen LogP contribution in [0.4, 0.5) is 0 Å². The summed E-state index contributed by atoms with van der Waals surface area (Å²) in [5.41, 5.74) is 0. The fraction of sp³-hybridized carbons (Fsp3) is 1.00. The van der Waals surface area contributed by atoms with Crippen molar-refractivity contribution < 1.29 is 8.42 Å². The van der Waals surface area contributed by atoms with E-state index >= 15 is 0 Å². The Balaban J connectivity index is 1.82. The van der Waals surface area contributed by atoms with E-state index in [4.69, 9.17) is 0 Å². The molecule has 0 N–H and O–H groups in total. The Hall–Kier alpha value is -0.130. The van der Waals surface area contributed by atoms with Gasteiger partial charge in [-0.25, -0.2) is 8.42 Å². The summed E-state index contributed by atoms with van der Waals surface area (Å²) in [6.07, 6.45) is 0. The van der Waals surface area contributed by atoms with Crippen LogP contribution in [0.2, 0.25) is 0 Å². The van der Waals surface area contributed by atoms with E-state index < -0.39 is 9.84 Å². The molecule has 2 aliphatic rings. The molecule has 2 unspecified atom stereocenters. The first kappa shape index (κ1) is 11.4. The zero-order chi connectivity index (χ0) is 11.1. The molecule has 0 aromatic carbocycles. The monoisotopic (exact) mass is 232 g/mol. The Bertz CT molecular complexity index is 294. The maximum atomic E-state index is 11.9. The van der Waals surface area contributed by atoms with E-state index in [1.165, 1.54) is 0 Å². The molecule has 88 valence electrons. The number of hydrogen-bond donors (Lipinski definition) is 0. The minimum Gasteiger partial charge on any atom is -0.297 e. The molecule has 0 aromatic heterocycles. The van der Waals surface area contributed by atoms with Gasteiger partial charge in [-0.05, 0) is 13.8 Å². The maximum absolute atomic E-state index is 11.9. The number of nitrogens with zero attached hydrogens (tertiary/aromatic N) is 2. The fourth-order valence-electron chi connectivity index (χ4n) is 2.01. The van der Waals surface area contributed by atoms with Crippen molar-refractivity contribution in [3.63, 3.8) is 0 Å². The molecule has 0 amide bonds. The molecular formula is C10H20N2O2S. The molecule has 0 radical (unpaired) electrons. The molecule has 0 aliphatic carbocycles. The number of rotatable bonds is 6. The zero-order valence-electron chi connectivity index (χ0n) is 9.52. The van der Waals surface area contributed by atoms with E-state index in [0.29, 0.717) is 11.5 Å². The summed E-state index contributed by atoms with van der Waals surface area (Å²) in [7, 11) is -2.87. The molecule has 2 heterocycles. The highest BCUT2D eigenvalue weighted by Crippen LogP contribution is 2.16. The van der Waals surface area contributed by atoms with Crippen LogP contribution in [0.3, 0.4) is 0 Å². The third kappa shape index (κ3) is 3.43. The molecule has 2 fully saturated rings. The predicted molar refractivity (Wildman–Crippen MR) is 60.7 cm³/mol. The third-order valence-corrected chi connectivity index (χ3v) is 5.18. The van der Waals surface area contributed by atoms with Gasteiger partial charge < -0.3 is 0 Å².